The Morgan fingerprint density at radius 3 is 2.08 bits per heavy atom. The molecule has 1 heterocycles. The van der Waals surface area contributed by atoms with Gasteiger partial charge in [-0.2, -0.15) is 11.3 Å². The normalized spacial score (nSPS) is 18.2. The maximum Gasteiger partial charge on any atom is -0.00583 e. The van der Waals surface area contributed by atoms with E-state index in [1.165, 1.54) is 12.8 Å². The maximum absolute atomic E-state index is 2.35. The number of fused-ring (bicyclic) bond motifs is 1. The zero-order chi connectivity index (χ0) is 8.77. The summed E-state index contributed by atoms with van der Waals surface area (Å²) in [6, 6.07) is 0. The van der Waals surface area contributed by atoms with Crippen LogP contribution in [0.2, 0.25) is 0 Å². The Labute approximate surface area is 78.6 Å². The van der Waals surface area contributed by atoms with Crippen LogP contribution in [0.25, 0.3) is 0 Å². The summed E-state index contributed by atoms with van der Waals surface area (Å²) in [6.45, 7) is 7.06. The van der Waals surface area contributed by atoms with Crippen molar-refractivity contribution in [1.29, 1.82) is 0 Å². The second-order valence-corrected chi connectivity index (χ2v) is 5.64. The fraction of sp³-hybridized carbons (Fsp3) is 0.636. The molecule has 1 heteroatoms. The Morgan fingerprint density at radius 1 is 1.17 bits per heavy atom. The molecule has 1 aliphatic rings. The third-order valence-corrected chi connectivity index (χ3v) is 3.83. The van der Waals surface area contributed by atoms with Crippen molar-refractivity contribution >= 4 is 11.3 Å². The molecule has 0 aliphatic heterocycles. The molecule has 0 saturated heterocycles. The average molecular weight is 180 g/mol. The van der Waals surface area contributed by atoms with Gasteiger partial charge in [-0.25, -0.2) is 0 Å². The van der Waals surface area contributed by atoms with Gasteiger partial charge in [-0.05, 0) is 46.1 Å². The Kier molecular flexibility index (Phi) is 1.80. The molecule has 0 unspecified atom stereocenters. The van der Waals surface area contributed by atoms with Gasteiger partial charge in [-0.1, -0.05) is 20.8 Å². The Bertz CT molecular complexity index is 257. The van der Waals surface area contributed by atoms with Gasteiger partial charge in [0, 0.05) is 0 Å². The molecule has 0 radical (unpaired) electrons. The lowest BCUT2D eigenvalue weighted by atomic mass is 9.79. The van der Waals surface area contributed by atoms with Crippen molar-refractivity contribution in [3.63, 3.8) is 0 Å². The predicted molar refractivity (Wildman–Crippen MR) is 54.7 cm³/mol. The Balaban J connectivity index is 2.18. The first-order valence-electron chi connectivity index (χ1n) is 4.61. The highest BCUT2D eigenvalue weighted by Gasteiger charge is 2.31. The quantitative estimate of drug-likeness (QED) is 0.573. The molecule has 0 fully saturated rings. The van der Waals surface area contributed by atoms with Crippen molar-refractivity contribution in [2.45, 2.75) is 33.6 Å². The van der Waals surface area contributed by atoms with Gasteiger partial charge in [0.15, 0.2) is 0 Å². The number of rotatable bonds is 0. The highest BCUT2D eigenvalue weighted by molar-refractivity contribution is 7.08. The van der Waals surface area contributed by atoms with Crippen molar-refractivity contribution in [3.05, 3.63) is 21.9 Å². The molecule has 0 saturated carbocycles. The first kappa shape index (κ1) is 8.31. The number of hydrogen-bond donors (Lipinski definition) is 0. The van der Waals surface area contributed by atoms with Crippen molar-refractivity contribution in [2.24, 2.45) is 11.3 Å². The molecule has 66 valence electrons. The first-order chi connectivity index (χ1) is 5.57. The van der Waals surface area contributed by atoms with Crippen LogP contribution in [-0.2, 0) is 12.8 Å². The molecule has 0 bridgehead atoms. The van der Waals surface area contributed by atoms with Crippen LogP contribution in [0.15, 0.2) is 10.8 Å². The van der Waals surface area contributed by atoms with Crippen LogP contribution in [0.4, 0.5) is 0 Å². The smallest absolute Gasteiger partial charge is 0.00583 e. The molecule has 0 atom stereocenters. The lowest BCUT2D eigenvalue weighted by Gasteiger charge is -2.26. The van der Waals surface area contributed by atoms with Crippen LogP contribution >= 0.6 is 11.3 Å². The molecule has 1 aromatic rings. The van der Waals surface area contributed by atoms with Crippen LogP contribution in [0.5, 0.6) is 0 Å². The predicted octanol–water partition coefficient (Wildman–Crippen LogP) is 3.51. The van der Waals surface area contributed by atoms with Gasteiger partial charge in [-0.3, -0.25) is 0 Å². The molecule has 0 nitrogen and oxygen atoms in total. The summed E-state index contributed by atoms with van der Waals surface area (Å²) in [5.41, 5.74) is 3.70. The molecule has 0 amide bonds. The summed E-state index contributed by atoms with van der Waals surface area (Å²) in [4.78, 5) is 0. The van der Waals surface area contributed by atoms with Crippen molar-refractivity contribution < 1.29 is 0 Å². The van der Waals surface area contributed by atoms with Crippen molar-refractivity contribution in [3.8, 4) is 0 Å². The summed E-state index contributed by atoms with van der Waals surface area (Å²) in [6.07, 6.45) is 2.62. The monoisotopic (exact) mass is 180 g/mol. The Morgan fingerprint density at radius 2 is 1.67 bits per heavy atom. The summed E-state index contributed by atoms with van der Waals surface area (Å²) < 4.78 is 0. The van der Waals surface area contributed by atoms with Crippen molar-refractivity contribution in [2.75, 3.05) is 0 Å². The lowest BCUT2D eigenvalue weighted by molar-refractivity contribution is 0.251. The third kappa shape index (κ3) is 1.31. The van der Waals surface area contributed by atoms with Gasteiger partial charge in [0.05, 0.1) is 0 Å². The number of thiophene rings is 1. The van der Waals surface area contributed by atoms with E-state index in [2.05, 4.69) is 31.5 Å². The minimum Gasteiger partial charge on any atom is -0.152 e. The van der Waals surface area contributed by atoms with E-state index < -0.39 is 0 Å². The van der Waals surface area contributed by atoms with Gasteiger partial charge in [-0.15, -0.1) is 0 Å². The van der Waals surface area contributed by atoms with Crippen molar-refractivity contribution in [1.82, 2.24) is 0 Å². The van der Waals surface area contributed by atoms with E-state index in [1.807, 2.05) is 11.3 Å². The lowest BCUT2D eigenvalue weighted by Crippen LogP contribution is -2.20. The molecular formula is C11H16S. The SMILES string of the molecule is CC(C)(C)C1Cc2cscc2C1. The average Bonchev–Trinajstić information content (AvgIpc) is 2.37. The first-order valence-corrected chi connectivity index (χ1v) is 5.55. The number of hydrogen-bond acceptors (Lipinski definition) is 1. The maximum atomic E-state index is 2.35. The summed E-state index contributed by atoms with van der Waals surface area (Å²) in [5.74, 6) is 0.871. The molecule has 12 heavy (non-hydrogen) atoms. The van der Waals surface area contributed by atoms with E-state index in [4.69, 9.17) is 0 Å². The molecule has 0 N–H and O–H groups in total. The highest BCUT2D eigenvalue weighted by Crippen LogP contribution is 2.39. The second kappa shape index (κ2) is 2.59. The van der Waals surface area contributed by atoms with Gasteiger partial charge >= 0.3 is 0 Å². The molecule has 0 spiro atoms. The van der Waals surface area contributed by atoms with E-state index in [-0.39, 0.29) is 0 Å². The second-order valence-electron chi connectivity index (χ2n) is 4.89. The van der Waals surface area contributed by atoms with Crippen LogP contribution in [0.1, 0.15) is 31.9 Å². The third-order valence-electron chi connectivity index (χ3n) is 2.99. The van der Waals surface area contributed by atoms with Gasteiger partial charge in [0.2, 0.25) is 0 Å². The topological polar surface area (TPSA) is 0 Å². The highest BCUT2D eigenvalue weighted by atomic mass is 32.1. The van der Waals surface area contributed by atoms with Crippen LogP contribution in [0.3, 0.4) is 0 Å². The summed E-state index contributed by atoms with van der Waals surface area (Å²) in [5, 5.41) is 4.64. The van der Waals surface area contributed by atoms with Gasteiger partial charge in [0.25, 0.3) is 0 Å². The van der Waals surface area contributed by atoms with Crippen LogP contribution < -0.4 is 0 Å². The zero-order valence-electron chi connectivity index (χ0n) is 8.05. The minimum atomic E-state index is 0.483. The van der Waals surface area contributed by atoms with Crippen LogP contribution in [-0.4, -0.2) is 0 Å². The van der Waals surface area contributed by atoms with E-state index in [0.717, 1.165) is 5.92 Å². The molecule has 1 aliphatic carbocycles. The van der Waals surface area contributed by atoms with Gasteiger partial charge < -0.3 is 0 Å². The molecule has 1 aromatic heterocycles. The zero-order valence-corrected chi connectivity index (χ0v) is 8.87. The fourth-order valence-electron chi connectivity index (χ4n) is 1.92. The molecular weight excluding hydrogens is 164 g/mol. The molecule has 2 rings (SSSR count). The summed E-state index contributed by atoms with van der Waals surface area (Å²) in [7, 11) is 0. The van der Waals surface area contributed by atoms with E-state index in [9.17, 15) is 0 Å². The van der Waals surface area contributed by atoms with E-state index in [1.54, 1.807) is 11.1 Å². The molecule has 0 aromatic carbocycles. The summed E-state index contributed by atoms with van der Waals surface area (Å²) >= 11 is 1.85. The largest absolute Gasteiger partial charge is 0.152 e. The Hall–Kier alpha value is -0.300. The standard InChI is InChI=1S/C11H16S/c1-11(2,3)10-4-8-6-12-7-9(8)5-10/h6-7,10H,4-5H2,1-3H3. The minimum absolute atomic E-state index is 0.483. The fourth-order valence-corrected chi connectivity index (χ4v) is 2.82. The van der Waals surface area contributed by atoms with E-state index >= 15 is 0 Å². The van der Waals surface area contributed by atoms with E-state index in [0.29, 0.717) is 5.41 Å². The van der Waals surface area contributed by atoms with Gasteiger partial charge in [0.1, 0.15) is 0 Å². The van der Waals surface area contributed by atoms with Crippen LogP contribution in [0, 0.1) is 11.3 Å².